The van der Waals surface area contributed by atoms with Gasteiger partial charge < -0.3 is 5.32 Å². The van der Waals surface area contributed by atoms with E-state index in [2.05, 4.69) is 10.3 Å². The van der Waals surface area contributed by atoms with E-state index >= 15 is 0 Å². The van der Waals surface area contributed by atoms with E-state index in [1.165, 1.54) is 18.2 Å². The van der Waals surface area contributed by atoms with Crippen molar-refractivity contribution in [1.29, 1.82) is 0 Å². The summed E-state index contributed by atoms with van der Waals surface area (Å²) in [6.45, 7) is 0.0935. The van der Waals surface area contributed by atoms with Crippen molar-refractivity contribution in [2.45, 2.75) is 18.9 Å². The maximum absolute atomic E-state index is 13.8. The Morgan fingerprint density at radius 2 is 1.77 bits per heavy atom. The monoisotopic (exact) mass is 352 g/mol. The van der Waals surface area contributed by atoms with Gasteiger partial charge in [-0.2, -0.15) is 0 Å². The van der Waals surface area contributed by atoms with Gasteiger partial charge >= 0.3 is 0 Å². The molecule has 0 spiro atoms. The van der Waals surface area contributed by atoms with E-state index in [0.29, 0.717) is 17.5 Å². The lowest BCUT2D eigenvalue weighted by Crippen LogP contribution is -2.30. The van der Waals surface area contributed by atoms with E-state index in [0.717, 1.165) is 5.56 Å². The average Bonchev–Trinajstić information content (AvgIpc) is 2.67. The Balaban J connectivity index is 1.78. The van der Waals surface area contributed by atoms with Gasteiger partial charge in [0, 0.05) is 24.5 Å². The molecular formula is C21H18F2N2O. The standard InChI is InChI=1S/C21H18F2N2O/c22-18-9-7-16(8-10-18)19(12-15-4-3-11-24-13-15)21(26)25-14-17-5-1-2-6-20(17)23/h1-11,13,19H,12,14H2,(H,25,26). The number of pyridine rings is 1. The predicted octanol–water partition coefficient (Wildman–Crippen LogP) is 4.00. The summed E-state index contributed by atoms with van der Waals surface area (Å²) >= 11 is 0. The number of rotatable bonds is 6. The van der Waals surface area contributed by atoms with Crippen molar-refractivity contribution in [3.63, 3.8) is 0 Å². The van der Waals surface area contributed by atoms with Crippen LogP contribution in [0.4, 0.5) is 8.78 Å². The molecule has 1 atom stereocenters. The van der Waals surface area contributed by atoms with Gasteiger partial charge in [0.1, 0.15) is 11.6 Å². The molecule has 1 amide bonds. The summed E-state index contributed by atoms with van der Waals surface area (Å²) in [5, 5.41) is 2.78. The van der Waals surface area contributed by atoms with Gasteiger partial charge in [0.2, 0.25) is 5.91 Å². The number of amides is 1. The third kappa shape index (κ3) is 4.51. The van der Waals surface area contributed by atoms with Crippen LogP contribution in [0.3, 0.4) is 0 Å². The second-order valence-corrected chi connectivity index (χ2v) is 5.98. The van der Waals surface area contributed by atoms with Crippen LogP contribution in [0, 0.1) is 11.6 Å². The summed E-state index contributed by atoms with van der Waals surface area (Å²) in [7, 11) is 0. The maximum atomic E-state index is 13.8. The Labute approximate surface area is 150 Å². The molecular weight excluding hydrogens is 334 g/mol. The van der Waals surface area contributed by atoms with Crippen molar-refractivity contribution in [1.82, 2.24) is 10.3 Å². The molecule has 0 aliphatic heterocycles. The highest BCUT2D eigenvalue weighted by Gasteiger charge is 2.21. The number of hydrogen-bond donors (Lipinski definition) is 1. The van der Waals surface area contributed by atoms with Crippen molar-refractivity contribution in [3.05, 3.63) is 101 Å². The first kappa shape index (κ1) is 17.7. The van der Waals surface area contributed by atoms with Crippen LogP contribution >= 0.6 is 0 Å². The molecule has 0 radical (unpaired) electrons. The van der Waals surface area contributed by atoms with Crippen LogP contribution in [0.25, 0.3) is 0 Å². The van der Waals surface area contributed by atoms with Crippen LogP contribution in [-0.2, 0) is 17.8 Å². The minimum atomic E-state index is -0.522. The Hall–Kier alpha value is -3.08. The van der Waals surface area contributed by atoms with Gasteiger partial charge in [0.25, 0.3) is 0 Å². The highest BCUT2D eigenvalue weighted by Crippen LogP contribution is 2.22. The number of nitrogens with one attached hydrogen (secondary N) is 1. The fourth-order valence-electron chi connectivity index (χ4n) is 2.76. The van der Waals surface area contributed by atoms with Crippen LogP contribution < -0.4 is 5.32 Å². The summed E-state index contributed by atoms with van der Waals surface area (Å²) in [6, 6.07) is 15.8. The molecule has 5 heteroatoms. The molecule has 0 saturated carbocycles. The molecule has 0 saturated heterocycles. The van der Waals surface area contributed by atoms with Gasteiger partial charge in [0.15, 0.2) is 0 Å². The summed E-state index contributed by atoms with van der Waals surface area (Å²) in [5.74, 6) is -1.49. The van der Waals surface area contributed by atoms with Crippen LogP contribution in [0.2, 0.25) is 0 Å². The number of nitrogens with zero attached hydrogens (tertiary/aromatic N) is 1. The molecule has 1 unspecified atom stereocenters. The normalized spacial score (nSPS) is 11.8. The lowest BCUT2D eigenvalue weighted by atomic mass is 9.91. The molecule has 26 heavy (non-hydrogen) atoms. The molecule has 3 aromatic rings. The first-order valence-electron chi connectivity index (χ1n) is 8.29. The number of halogens is 2. The Bertz CT molecular complexity index is 867. The Morgan fingerprint density at radius 1 is 1.00 bits per heavy atom. The van der Waals surface area contributed by atoms with Crippen molar-refractivity contribution in [2.24, 2.45) is 0 Å². The smallest absolute Gasteiger partial charge is 0.228 e. The SMILES string of the molecule is O=C(NCc1ccccc1F)C(Cc1cccnc1)c1ccc(F)cc1. The van der Waals surface area contributed by atoms with Crippen LogP contribution in [-0.4, -0.2) is 10.9 Å². The van der Waals surface area contributed by atoms with Crippen molar-refractivity contribution in [2.75, 3.05) is 0 Å². The topological polar surface area (TPSA) is 42.0 Å². The zero-order valence-corrected chi connectivity index (χ0v) is 14.0. The quantitative estimate of drug-likeness (QED) is 0.728. The second kappa shape index (κ2) is 8.34. The molecule has 0 aliphatic rings. The van der Waals surface area contributed by atoms with E-state index in [1.54, 1.807) is 48.8 Å². The summed E-state index contributed by atoms with van der Waals surface area (Å²) < 4.78 is 27.0. The fraction of sp³-hybridized carbons (Fsp3) is 0.143. The molecule has 0 aliphatic carbocycles. The van der Waals surface area contributed by atoms with Crippen molar-refractivity contribution in [3.8, 4) is 0 Å². The third-order valence-corrected chi connectivity index (χ3v) is 4.16. The van der Waals surface area contributed by atoms with E-state index in [-0.39, 0.29) is 24.1 Å². The van der Waals surface area contributed by atoms with E-state index < -0.39 is 5.92 Å². The molecule has 0 fully saturated rings. The summed E-state index contributed by atoms with van der Waals surface area (Å²) in [6.07, 6.45) is 3.78. The van der Waals surface area contributed by atoms with E-state index in [4.69, 9.17) is 0 Å². The van der Waals surface area contributed by atoms with Crippen molar-refractivity contribution < 1.29 is 13.6 Å². The average molecular weight is 352 g/mol. The number of benzene rings is 2. The number of aromatic nitrogens is 1. The fourth-order valence-corrected chi connectivity index (χ4v) is 2.76. The first-order chi connectivity index (χ1) is 12.6. The zero-order chi connectivity index (χ0) is 18.4. The van der Waals surface area contributed by atoms with Gasteiger partial charge in [-0.3, -0.25) is 9.78 Å². The minimum Gasteiger partial charge on any atom is -0.351 e. The minimum absolute atomic E-state index is 0.0935. The van der Waals surface area contributed by atoms with Gasteiger partial charge in [-0.25, -0.2) is 8.78 Å². The number of carbonyl (C=O) groups excluding carboxylic acids is 1. The second-order valence-electron chi connectivity index (χ2n) is 5.98. The maximum Gasteiger partial charge on any atom is 0.228 e. The Kier molecular flexibility index (Phi) is 5.69. The highest BCUT2D eigenvalue weighted by atomic mass is 19.1. The van der Waals surface area contributed by atoms with Crippen LogP contribution in [0.5, 0.6) is 0 Å². The third-order valence-electron chi connectivity index (χ3n) is 4.16. The largest absolute Gasteiger partial charge is 0.351 e. The highest BCUT2D eigenvalue weighted by molar-refractivity contribution is 5.84. The lowest BCUT2D eigenvalue weighted by molar-refractivity contribution is -0.122. The molecule has 1 aromatic heterocycles. The van der Waals surface area contributed by atoms with Crippen LogP contribution in [0.1, 0.15) is 22.6 Å². The molecule has 2 aromatic carbocycles. The van der Waals surface area contributed by atoms with Gasteiger partial charge in [-0.15, -0.1) is 0 Å². The van der Waals surface area contributed by atoms with Crippen molar-refractivity contribution >= 4 is 5.91 Å². The van der Waals surface area contributed by atoms with Crippen LogP contribution in [0.15, 0.2) is 73.1 Å². The van der Waals surface area contributed by atoms with Gasteiger partial charge in [-0.1, -0.05) is 36.4 Å². The molecule has 132 valence electrons. The lowest BCUT2D eigenvalue weighted by Gasteiger charge is -2.18. The van der Waals surface area contributed by atoms with E-state index in [9.17, 15) is 13.6 Å². The molecule has 1 heterocycles. The first-order valence-corrected chi connectivity index (χ1v) is 8.29. The van der Waals surface area contributed by atoms with E-state index in [1.807, 2.05) is 6.07 Å². The van der Waals surface area contributed by atoms with Gasteiger partial charge in [-0.05, 0) is 41.8 Å². The molecule has 0 bridgehead atoms. The summed E-state index contributed by atoms with van der Waals surface area (Å²) in [4.78, 5) is 16.8. The Morgan fingerprint density at radius 3 is 2.46 bits per heavy atom. The zero-order valence-electron chi connectivity index (χ0n) is 14.0. The molecule has 1 N–H and O–H groups in total. The van der Waals surface area contributed by atoms with Gasteiger partial charge in [0.05, 0.1) is 5.92 Å². The predicted molar refractivity (Wildman–Crippen MR) is 95.3 cm³/mol. The summed E-state index contributed by atoms with van der Waals surface area (Å²) in [5.41, 5.74) is 2.00. The molecule has 3 rings (SSSR count). The molecule has 3 nitrogen and oxygen atoms in total. The number of carbonyl (C=O) groups is 1. The number of hydrogen-bond acceptors (Lipinski definition) is 2.